The maximum atomic E-state index is 11.7. The first-order valence-electron chi connectivity index (χ1n) is 10.9. The molecule has 0 amide bonds. The molecule has 160 valence electrons. The average Bonchev–Trinajstić information content (AvgIpc) is 2.66. The van der Waals surface area contributed by atoms with Crippen LogP contribution in [0.25, 0.3) is 0 Å². The van der Waals surface area contributed by atoms with Gasteiger partial charge >= 0.3 is 5.97 Å². The van der Waals surface area contributed by atoms with E-state index in [0.717, 1.165) is 56.9 Å². The summed E-state index contributed by atoms with van der Waals surface area (Å²) < 4.78 is 5.68. The number of carbonyl (C=O) groups is 1. The van der Waals surface area contributed by atoms with Crippen LogP contribution in [0.15, 0.2) is 0 Å². The van der Waals surface area contributed by atoms with E-state index in [9.17, 15) is 20.1 Å². The molecule has 0 aliphatic carbocycles. The molecule has 5 nitrogen and oxygen atoms in total. The molecule has 0 aliphatic heterocycles. The SMILES string of the molecule is CCCCCCCc1c(O)c(O)c(C(=O)O)c(OCC)c1CCCCCCC. The molecule has 28 heavy (non-hydrogen) atoms. The van der Waals surface area contributed by atoms with Crippen molar-refractivity contribution in [3.05, 3.63) is 16.7 Å². The summed E-state index contributed by atoms with van der Waals surface area (Å²) in [4.78, 5) is 11.7. The number of carboxylic acids is 1. The number of phenols is 2. The molecule has 0 saturated heterocycles. The van der Waals surface area contributed by atoms with Crippen molar-refractivity contribution >= 4 is 5.97 Å². The van der Waals surface area contributed by atoms with Gasteiger partial charge in [0.1, 0.15) is 11.3 Å². The number of carboxylic acid groups (broad SMARTS) is 1. The van der Waals surface area contributed by atoms with Crippen LogP contribution in [0.3, 0.4) is 0 Å². The molecule has 1 rings (SSSR count). The first kappa shape index (κ1) is 24.1. The average molecular weight is 395 g/mol. The molecular weight excluding hydrogens is 356 g/mol. The lowest BCUT2D eigenvalue weighted by Crippen LogP contribution is -2.10. The van der Waals surface area contributed by atoms with Gasteiger partial charge in [0, 0.05) is 11.1 Å². The Bertz CT molecular complexity index is 610. The zero-order valence-corrected chi connectivity index (χ0v) is 17.9. The fourth-order valence-electron chi connectivity index (χ4n) is 3.65. The van der Waals surface area contributed by atoms with Crippen LogP contribution in [-0.2, 0) is 12.8 Å². The Morgan fingerprint density at radius 1 is 0.750 bits per heavy atom. The highest BCUT2D eigenvalue weighted by atomic mass is 16.5. The van der Waals surface area contributed by atoms with Gasteiger partial charge in [-0.25, -0.2) is 4.79 Å². The second-order valence-corrected chi connectivity index (χ2v) is 7.43. The van der Waals surface area contributed by atoms with Crippen LogP contribution < -0.4 is 4.74 Å². The normalized spacial score (nSPS) is 11.0. The summed E-state index contributed by atoms with van der Waals surface area (Å²) in [6.07, 6.45) is 12.2. The van der Waals surface area contributed by atoms with Crippen LogP contribution in [0.4, 0.5) is 0 Å². The summed E-state index contributed by atoms with van der Waals surface area (Å²) in [5.41, 5.74) is 1.08. The zero-order valence-electron chi connectivity index (χ0n) is 17.9. The highest BCUT2D eigenvalue weighted by molar-refractivity contribution is 5.96. The third kappa shape index (κ3) is 6.92. The van der Waals surface area contributed by atoms with Gasteiger partial charge in [-0.3, -0.25) is 0 Å². The van der Waals surface area contributed by atoms with Crippen LogP contribution >= 0.6 is 0 Å². The number of hydrogen-bond donors (Lipinski definition) is 3. The molecule has 1 aromatic rings. The van der Waals surface area contributed by atoms with Crippen molar-refractivity contribution in [2.24, 2.45) is 0 Å². The number of unbranched alkanes of at least 4 members (excludes halogenated alkanes) is 8. The molecular formula is C23H38O5. The van der Waals surface area contributed by atoms with E-state index in [4.69, 9.17) is 4.74 Å². The van der Waals surface area contributed by atoms with E-state index >= 15 is 0 Å². The van der Waals surface area contributed by atoms with Gasteiger partial charge in [0.2, 0.25) is 0 Å². The summed E-state index contributed by atoms with van der Waals surface area (Å²) in [5, 5.41) is 30.5. The van der Waals surface area contributed by atoms with Crippen molar-refractivity contribution in [1.82, 2.24) is 0 Å². The Kier molecular flexibility index (Phi) is 11.5. The summed E-state index contributed by atoms with van der Waals surface area (Å²) in [7, 11) is 0. The fraction of sp³-hybridized carbons (Fsp3) is 0.696. The molecule has 0 heterocycles. The molecule has 0 radical (unpaired) electrons. The van der Waals surface area contributed by atoms with Crippen LogP contribution in [0.2, 0.25) is 0 Å². The predicted molar refractivity (Wildman–Crippen MR) is 113 cm³/mol. The second kappa shape index (κ2) is 13.3. The van der Waals surface area contributed by atoms with Crippen LogP contribution in [0, 0.1) is 0 Å². The molecule has 0 bridgehead atoms. The molecule has 0 fully saturated rings. The first-order chi connectivity index (χ1) is 13.5. The van der Waals surface area contributed by atoms with Gasteiger partial charge in [0.25, 0.3) is 0 Å². The molecule has 3 N–H and O–H groups in total. The van der Waals surface area contributed by atoms with Crippen LogP contribution in [0.1, 0.15) is 106 Å². The molecule has 5 heteroatoms. The van der Waals surface area contributed by atoms with E-state index in [0.29, 0.717) is 25.0 Å². The Balaban J connectivity index is 3.18. The highest BCUT2D eigenvalue weighted by Crippen LogP contribution is 2.44. The van der Waals surface area contributed by atoms with Gasteiger partial charge < -0.3 is 20.1 Å². The predicted octanol–water partition coefficient (Wildman–Crippen LogP) is 6.22. The lowest BCUT2D eigenvalue weighted by atomic mass is 9.91. The van der Waals surface area contributed by atoms with Crippen molar-refractivity contribution in [2.75, 3.05) is 6.61 Å². The van der Waals surface area contributed by atoms with Gasteiger partial charge in [-0.05, 0) is 32.6 Å². The number of hydrogen-bond acceptors (Lipinski definition) is 4. The van der Waals surface area contributed by atoms with Crippen molar-refractivity contribution in [2.45, 2.75) is 97.8 Å². The van der Waals surface area contributed by atoms with E-state index < -0.39 is 11.7 Å². The monoisotopic (exact) mass is 394 g/mol. The minimum atomic E-state index is -1.28. The number of aromatic carboxylic acids is 1. The van der Waals surface area contributed by atoms with Gasteiger partial charge in [0.05, 0.1) is 6.61 Å². The number of aromatic hydroxyl groups is 2. The lowest BCUT2D eigenvalue weighted by Gasteiger charge is -2.20. The molecule has 0 atom stereocenters. The summed E-state index contributed by atoms with van der Waals surface area (Å²) >= 11 is 0. The van der Waals surface area contributed by atoms with Gasteiger partial charge in [-0.15, -0.1) is 0 Å². The van der Waals surface area contributed by atoms with E-state index in [2.05, 4.69) is 13.8 Å². The molecule has 0 unspecified atom stereocenters. The van der Waals surface area contributed by atoms with E-state index in [1.807, 2.05) is 0 Å². The largest absolute Gasteiger partial charge is 0.504 e. The Morgan fingerprint density at radius 3 is 1.71 bits per heavy atom. The van der Waals surface area contributed by atoms with Crippen LogP contribution in [0.5, 0.6) is 17.2 Å². The van der Waals surface area contributed by atoms with Gasteiger partial charge in [-0.2, -0.15) is 0 Å². The minimum absolute atomic E-state index is 0.226. The first-order valence-corrected chi connectivity index (χ1v) is 10.9. The van der Waals surface area contributed by atoms with Gasteiger partial charge in [-0.1, -0.05) is 65.2 Å². The van der Waals surface area contributed by atoms with E-state index in [1.165, 1.54) is 12.8 Å². The quantitative estimate of drug-likeness (QED) is 0.243. The van der Waals surface area contributed by atoms with Crippen molar-refractivity contribution in [3.63, 3.8) is 0 Å². The Morgan fingerprint density at radius 2 is 1.25 bits per heavy atom. The Labute approximate surface area is 169 Å². The van der Waals surface area contributed by atoms with Gasteiger partial charge in [0.15, 0.2) is 11.5 Å². The molecule has 0 spiro atoms. The standard InChI is InChI=1S/C23H38O5/c1-4-7-9-11-13-15-17-18(16-14-12-10-8-5-2)22(28-6-3)19(23(26)27)21(25)20(17)24/h24-25H,4-16H2,1-3H3,(H,26,27). The summed E-state index contributed by atoms with van der Waals surface area (Å²) in [6.45, 7) is 6.44. The molecule has 0 aliphatic rings. The number of rotatable bonds is 15. The topological polar surface area (TPSA) is 87.0 Å². The summed E-state index contributed by atoms with van der Waals surface area (Å²) in [5.74, 6) is -1.92. The fourth-order valence-corrected chi connectivity index (χ4v) is 3.65. The Hall–Kier alpha value is -1.91. The van der Waals surface area contributed by atoms with E-state index in [-0.39, 0.29) is 17.1 Å². The highest BCUT2D eigenvalue weighted by Gasteiger charge is 2.28. The summed E-state index contributed by atoms with van der Waals surface area (Å²) in [6, 6.07) is 0. The third-order valence-electron chi connectivity index (χ3n) is 5.18. The maximum Gasteiger partial charge on any atom is 0.343 e. The molecule has 0 aromatic heterocycles. The lowest BCUT2D eigenvalue weighted by molar-refractivity contribution is 0.0688. The smallest absolute Gasteiger partial charge is 0.343 e. The molecule has 1 aromatic carbocycles. The minimum Gasteiger partial charge on any atom is -0.504 e. The zero-order chi connectivity index (χ0) is 20.9. The van der Waals surface area contributed by atoms with Crippen LogP contribution in [-0.4, -0.2) is 27.9 Å². The third-order valence-corrected chi connectivity index (χ3v) is 5.18. The van der Waals surface area contributed by atoms with Crippen molar-refractivity contribution in [1.29, 1.82) is 0 Å². The van der Waals surface area contributed by atoms with Crippen molar-refractivity contribution < 1.29 is 24.9 Å². The maximum absolute atomic E-state index is 11.7. The number of phenolic OH excluding ortho intramolecular Hbond substituents is 1. The van der Waals surface area contributed by atoms with Crippen molar-refractivity contribution in [3.8, 4) is 17.2 Å². The number of benzene rings is 1. The molecule has 0 saturated carbocycles. The second-order valence-electron chi connectivity index (χ2n) is 7.43. The van der Waals surface area contributed by atoms with E-state index in [1.54, 1.807) is 6.92 Å². The number of ether oxygens (including phenoxy) is 1.